The van der Waals surface area contributed by atoms with Crippen molar-refractivity contribution in [2.75, 3.05) is 0 Å². The zero-order valence-corrected chi connectivity index (χ0v) is 22.2. The molecule has 196 valence electrons. The van der Waals surface area contributed by atoms with Crippen LogP contribution < -0.4 is 0 Å². The van der Waals surface area contributed by atoms with E-state index in [1.165, 1.54) is 0 Å². The van der Waals surface area contributed by atoms with Gasteiger partial charge in [-0.05, 0) is 89.0 Å². The molecule has 8 aromatic rings. The Bertz CT molecular complexity index is 2840. The molecule has 0 radical (unpaired) electrons. The molecule has 42 heavy (non-hydrogen) atoms. The van der Waals surface area contributed by atoms with E-state index in [0.29, 0.717) is 5.56 Å². The molecule has 0 bridgehead atoms. The SMILES string of the molecule is [2H]c1c([2H])c([2H])c(-c2c3c([2H])c([2H])c([2H])c([2H])c3c(-c3cccc(-c4ccc(-c5ccc6ccccc6c5)cc4)c3)c3c([2H])c([2H])c([2H])c([2H])c23)c([2H])c1[2H]. The molecular formula is C42H28. The minimum atomic E-state index is -0.706. The molecule has 0 aliphatic rings. The van der Waals surface area contributed by atoms with Crippen LogP contribution in [0, 0.1) is 0 Å². The lowest BCUT2D eigenvalue weighted by atomic mass is 9.85. The molecule has 0 heterocycles. The van der Waals surface area contributed by atoms with Crippen molar-refractivity contribution >= 4 is 32.3 Å². The zero-order chi connectivity index (χ0) is 39.2. The van der Waals surface area contributed by atoms with Crippen molar-refractivity contribution in [1.29, 1.82) is 0 Å². The Labute approximate surface area is 264 Å². The quantitative estimate of drug-likeness (QED) is 0.193. The van der Waals surface area contributed by atoms with E-state index in [2.05, 4.69) is 30.3 Å². The summed E-state index contributed by atoms with van der Waals surface area (Å²) in [4.78, 5) is 0. The summed E-state index contributed by atoms with van der Waals surface area (Å²) in [7, 11) is 0. The monoisotopic (exact) mass is 545 g/mol. The van der Waals surface area contributed by atoms with Gasteiger partial charge in [0.2, 0.25) is 0 Å². The van der Waals surface area contributed by atoms with Crippen molar-refractivity contribution in [3.63, 3.8) is 0 Å². The van der Waals surface area contributed by atoms with Crippen LogP contribution in [0.1, 0.15) is 17.8 Å². The highest BCUT2D eigenvalue weighted by molar-refractivity contribution is 6.21. The van der Waals surface area contributed by atoms with Crippen LogP contribution in [0.2, 0.25) is 0 Å². The molecule has 0 saturated heterocycles. The number of hydrogen-bond acceptors (Lipinski definition) is 0. The normalized spacial score (nSPS) is 15.7. The van der Waals surface area contributed by atoms with Crippen molar-refractivity contribution in [2.45, 2.75) is 0 Å². The lowest BCUT2D eigenvalue weighted by molar-refractivity contribution is 1.59. The molecule has 8 aromatic carbocycles. The van der Waals surface area contributed by atoms with Gasteiger partial charge in [0.25, 0.3) is 0 Å². The Balaban J connectivity index is 1.46. The number of benzene rings is 8. The smallest absolute Gasteiger partial charge is 0.0622 e. The molecule has 0 N–H and O–H groups in total. The number of fused-ring (bicyclic) bond motifs is 3. The highest BCUT2D eigenvalue weighted by Crippen LogP contribution is 2.44. The van der Waals surface area contributed by atoms with Gasteiger partial charge in [-0.1, -0.05) is 157 Å². The molecular weight excluding hydrogens is 504 g/mol. The maximum atomic E-state index is 9.19. The van der Waals surface area contributed by atoms with Gasteiger partial charge in [0.05, 0.1) is 17.8 Å². The van der Waals surface area contributed by atoms with E-state index in [9.17, 15) is 2.74 Å². The Kier molecular flexibility index (Phi) is 3.50. The maximum Gasteiger partial charge on any atom is 0.0629 e. The van der Waals surface area contributed by atoms with Crippen LogP contribution in [0.5, 0.6) is 0 Å². The van der Waals surface area contributed by atoms with Crippen molar-refractivity contribution in [1.82, 2.24) is 0 Å². The Morgan fingerprint density at radius 2 is 0.786 bits per heavy atom. The molecule has 0 heteroatoms. The summed E-state index contributed by atoms with van der Waals surface area (Å²) < 4.78 is 114. The van der Waals surface area contributed by atoms with Gasteiger partial charge in [0.1, 0.15) is 0 Å². The van der Waals surface area contributed by atoms with Gasteiger partial charge in [-0.25, -0.2) is 0 Å². The fourth-order valence-electron chi connectivity index (χ4n) is 5.62. The van der Waals surface area contributed by atoms with Gasteiger partial charge in [-0.3, -0.25) is 0 Å². The lowest BCUT2D eigenvalue weighted by Gasteiger charge is -2.18. The highest BCUT2D eigenvalue weighted by Gasteiger charge is 2.16. The Morgan fingerprint density at radius 3 is 1.40 bits per heavy atom. The van der Waals surface area contributed by atoms with Crippen LogP contribution in [-0.4, -0.2) is 0 Å². The molecule has 0 fully saturated rings. The molecule has 0 saturated carbocycles. The molecule has 0 aliphatic heterocycles. The summed E-state index contributed by atoms with van der Waals surface area (Å²) in [5.41, 5.74) is 3.31. The van der Waals surface area contributed by atoms with E-state index in [0.717, 1.165) is 33.0 Å². The molecule has 0 spiro atoms. The molecule has 0 atom stereocenters. The van der Waals surface area contributed by atoms with Crippen LogP contribution >= 0.6 is 0 Å². The Hall–Kier alpha value is -5.46. The van der Waals surface area contributed by atoms with Gasteiger partial charge < -0.3 is 0 Å². The summed E-state index contributed by atoms with van der Waals surface area (Å²) in [5.74, 6) is 0. The van der Waals surface area contributed by atoms with Gasteiger partial charge in [-0.15, -0.1) is 0 Å². The van der Waals surface area contributed by atoms with Crippen molar-refractivity contribution in [2.24, 2.45) is 0 Å². The van der Waals surface area contributed by atoms with E-state index >= 15 is 0 Å². The largest absolute Gasteiger partial charge is 0.0629 e. The van der Waals surface area contributed by atoms with Crippen LogP contribution in [0.15, 0.2) is 170 Å². The zero-order valence-electron chi connectivity index (χ0n) is 35.2. The second-order valence-electron chi connectivity index (χ2n) is 9.97. The third-order valence-corrected chi connectivity index (χ3v) is 7.58. The van der Waals surface area contributed by atoms with E-state index in [1.807, 2.05) is 42.5 Å². The van der Waals surface area contributed by atoms with Crippen LogP contribution in [-0.2, 0) is 0 Å². The van der Waals surface area contributed by atoms with Crippen LogP contribution in [0.4, 0.5) is 0 Å². The molecule has 8 rings (SSSR count). The van der Waals surface area contributed by atoms with Gasteiger partial charge in [-0.2, -0.15) is 0 Å². The molecule has 0 nitrogen and oxygen atoms in total. The number of rotatable bonds is 4. The standard InChI is InChI=1S/C42H28/c1-2-12-32(13-3-1)41-37-17-6-8-19-39(37)42(40-20-9-7-18-38(40)41)36-16-10-15-34(28-36)30-21-23-31(24-22-30)35-26-25-29-11-4-5-14-33(29)27-35/h1-28H/i1D,2D,3D,6D,7D,8D,9D,12D,13D,17D,18D,19D,20D. The summed E-state index contributed by atoms with van der Waals surface area (Å²) in [6.07, 6.45) is 0. The van der Waals surface area contributed by atoms with E-state index in [4.69, 9.17) is 15.1 Å². The fraction of sp³-hybridized carbons (Fsp3) is 0. The average molecular weight is 546 g/mol. The van der Waals surface area contributed by atoms with Gasteiger partial charge in [0.15, 0.2) is 0 Å². The second-order valence-corrected chi connectivity index (χ2v) is 9.97. The van der Waals surface area contributed by atoms with Crippen molar-refractivity contribution < 1.29 is 17.8 Å². The van der Waals surface area contributed by atoms with Gasteiger partial charge in [0, 0.05) is 0 Å². The third kappa shape index (κ3) is 4.17. The van der Waals surface area contributed by atoms with E-state index < -0.39 is 84.1 Å². The summed E-state index contributed by atoms with van der Waals surface area (Å²) in [6, 6.07) is 21.2. The molecule has 0 aromatic heterocycles. The molecule has 0 aliphatic carbocycles. The van der Waals surface area contributed by atoms with E-state index in [-0.39, 0.29) is 32.7 Å². The van der Waals surface area contributed by atoms with Crippen molar-refractivity contribution in [3.05, 3.63) is 170 Å². The summed E-state index contributed by atoms with van der Waals surface area (Å²) >= 11 is 0. The maximum absolute atomic E-state index is 9.19. The minimum absolute atomic E-state index is 0.0924. The Morgan fingerprint density at radius 1 is 0.310 bits per heavy atom. The fourth-order valence-corrected chi connectivity index (χ4v) is 5.62. The van der Waals surface area contributed by atoms with Crippen LogP contribution in [0.3, 0.4) is 0 Å². The first-order valence-corrected chi connectivity index (χ1v) is 13.5. The predicted octanol–water partition coefficient (Wildman–Crippen LogP) is 11.8. The first kappa shape index (κ1) is 14.4. The topological polar surface area (TPSA) is 0 Å². The predicted molar refractivity (Wildman–Crippen MR) is 181 cm³/mol. The summed E-state index contributed by atoms with van der Waals surface area (Å²) in [6.45, 7) is 0. The first-order valence-electron chi connectivity index (χ1n) is 20.0. The van der Waals surface area contributed by atoms with Crippen molar-refractivity contribution in [3.8, 4) is 44.5 Å². The highest BCUT2D eigenvalue weighted by atomic mass is 14.2. The number of hydrogen-bond donors (Lipinski definition) is 0. The summed E-state index contributed by atoms with van der Waals surface area (Å²) in [5, 5.41) is 1.55. The average Bonchev–Trinajstić information content (AvgIpc) is 3.21. The second kappa shape index (κ2) is 10.2. The molecule has 0 amide bonds. The third-order valence-electron chi connectivity index (χ3n) is 7.58. The minimum Gasteiger partial charge on any atom is -0.0622 e. The van der Waals surface area contributed by atoms with E-state index in [1.54, 1.807) is 18.2 Å². The first-order chi connectivity index (χ1) is 26.2. The lowest BCUT2D eigenvalue weighted by Crippen LogP contribution is -1.91. The van der Waals surface area contributed by atoms with Crippen LogP contribution in [0.25, 0.3) is 76.8 Å². The molecule has 0 unspecified atom stereocenters. The van der Waals surface area contributed by atoms with Gasteiger partial charge >= 0.3 is 0 Å².